The molecule has 0 bridgehead atoms. The van der Waals surface area contributed by atoms with Crippen molar-refractivity contribution in [1.82, 2.24) is 5.32 Å². The van der Waals surface area contributed by atoms with Gasteiger partial charge in [0.05, 0.1) is 24.7 Å². The molecule has 0 radical (unpaired) electrons. The van der Waals surface area contributed by atoms with Crippen LogP contribution < -0.4 is 5.32 Å². The second kappa shape index (κ2) is 9.29. The molecule has 5 N–H and O–H groups in total. The lowest BCUT2D eigenvalue weighted by atomic mass is 9.95. The highest BCUT2D eigenvalue weighted by molar-refractivity contribution is 6.30. The van der Waals surface area contributed by atoms with Crippen LogP contribution in [0.3, 0.4) is 0 Å². The molecule has 26 heavy (non-hydrogen) atoms. The van der Waals surface area contributed by atoms with Gasteiger partial charge in [-0.05, 0) is 17.7 Å². The van der Waals surface area contributed by atoms with E-state index in [0.717, 1.165) is 5.56 Å². The first-order valence-electron chi connectivity index (χ1n) is 8.20. The number of aliphatic carboxylic acids is 1. The molecule has 8 nitrogen and oxygen atoms in total. The van der Waals surface area contributed by atoms with E-state index in [-0.39, 0.29) is 31.7 Å². The predicted molar refractivity (Wildman–Crippen MR) is 91.7 cm³/mol. The highest BCUT2D eigenvalue weighted by Crippen LogP contribution is 2.23. The first-order valence-corrected chi connectivity index (χ1v) is 8.57. The molecule has 5 atom stereocenters. The summed E-state index contributed by atoms with van der Waals surface area (Å²) >= 11 is 5.77. The number of rotatable bonds is 7. The molecule has 1 amide bonds. The Kier molecular flexibility index (Phi) is 7.36. The van der Waals surface area contributed by atoms with Gasteiger partial charge < -0.3 is 30.5 Å². The molecule has 1 heterocycles. The number of amides is 1. The molecule has 1 aromatic rings. The first-order chi connectivity index (χ1) is 12.3. The minimum atomic E-state index is -1.44. The Morgan fingerprint density at radius 1 is 1.23 bits per heavy atom. The molecule has 9 heteroatoms. The molecule has 0 aliphatic carbocycles. The van der Waals surface area contributed by atoms with Crippen LogP contribution >= 0.6 is 11.6 Å². The van der Waals surface area contributed by atoms with Crippen LogP contribution in [0.15, 0.2) is 24.3 Å². The number of benzene rings is 1. The van der Waals surface area contributed by atoms with Gasteiger partial charge in [0, 0.05) is 24.4 Å². The van der Waals surface area contributed by atoms with E-state index >= 15 is 0 Å². The summed E-state index contributed by atoms with van der Waals surface area (Å²) in [6, 6.07) is 6.73. The molecule has 1 aliphatic heterocycles. The third-order valence-corrected chi connectivity index (χ3v) is 4.42. The fourth-order valence-corrected chi connectivity index (χ4v) is 2.88. The molecule has 144 valence electrons. The SMILES string of the molecule is O=C(Cc1ccc(Cl)cc1)NC[C@@H](O)[C@@H](O)C1CC(O)CC(C(=O)O)O1. The second-order valence-corrected chi connectivity index (χ2v) is 6.73. The monoisotopic (exact) mass is 387 g/mol. The van der Waals surface area contributed by atoms with Crippen LogP contribution in [0.1, 0.15) is 18.4 Å². The van der Waals surface area contributed by atoms with Gasteiger partial charge in [-0.25, -0.2) is 4.79 Å². The quantitative estimate of drug-likeness (QED) is 0.433. The van der Waals surface area contributed by atoms with Crippen molar-refractivity contribution in [3.8, 4) is 0 Å². The molecule has 1 aromatic carbocycles. The average molecular weight is 388 g/mol. The van der Waals surface area contributed by atoms with Gasteiger partial charge in [-0.2, -0.15) is 0 Å². The van der Waals surface area contributed by atoms with Crippen molar-refractivity contribution in [2.45, 2.75) is 49.8 Å². The maximum atomic E-state index is 11.9. The Bertz CT molecular complexity index is 624. The van der Waals surface area contributed by atoms with Crippen LogP contribution in [0, 0.1) is 0 Å². The summed E-state index contributed by atoms with van der Waals surface area (Å²) in [5.41, 5.74) is 0.741. The van der Waals surface area contributed by atoms with Crippen molar-refractivity contribution < 1.29 is 34.8 Å². The van der Waals surface area contributed by atoms with Crippen LogP contribution in [0.5, 0.6) is 0 Å². The van der Waals surface area contributed by atoms with E-state index in [9.17, 15) is 24.9 Å². The highest BCUT2D eigenvalue weighted by atomic mass is 35.5. The summed E-state index contributed by atoms with van der Waals surface area (Å²) < 4.78 is 5.22. The van der Waals surface area contributed by atoms with Gasteiger partial charge in [-0.1, -0.05) is 23.7 Å². The standard InChI is InChI=1S/C17H22ClNO7/c18-10-3-1-9(2-4-10)5-15(22)19-8-12(21)16(23)13-6-11(20)7-14(26-13)17(24)25/h1-4,11-14,16,20-21,23H,5-8H2,(H,19,22)(H,24,25)/t11?,12-,13?,14?,16-/m1/s1. The van der Waals surface area contributed by atoms with Gasteiger partial charge in [-0.3, -0.25) is 4.79 Å². The number of hydrogen-bond donors (Lipinski definition) is 5. The largest absolute Gasteiger partial charge is 0.479 e. The molecule has 1 aliphatic rings. The van der Waals surface area contributed by atoms with Crippen molar-refractivity contribution in [3.05, 3.63) is 34.9 Å². The molecule has 0 spiro atoms. The summed E-state index contributed by atoms with van der Waals surface area (Å²) in [4.78, 5) is 22.9. The molecule has 1 fully saturated rings. The average Bonchev–Trinajstić information content (AvgIpc) is 2.60. The Balaban J connectivity index is 1.82. The third kappa shape index (κ3) is 5.93. The van der Waals surface area contributed by atoms with E-state index < -0.39 is 36.5 Å². The van der Waals surface area contributed by atoms with Gasteiger partial charge in [0.15, 0.2) is 6.10 Å². The third-order valence-electron chi connectivity index (χ3n) is 4.17. The maximum absolute atomic E-state index is 11.9. The number of aliphatic hydroxyl groups excluding tert-OH is 3. The fraction of sp³-hybridized carbons (Fsp3) is 0.529. The normalized spacial score (nSPS) is 25.3. The maximum Gasteiger partial charge on any atom is 0.332 e. The molecular weight excluding hydrogens is 366 g/mol. The smallest absolute Gasteiger partial charge is 0.332 e. The van der Waals surface area contributed by atoms with Gasteiger partial charge in [0.1, 0.15) is 6.10 Å². The van der Waals surface area contributed by atoms with Gasteiger partial charge >= 0.3 is 5.97 Å². The van der Waals surface area contributed by atoms with Gasteiger partial charge in [0.25, 0.3) is 0 Å². The Morgan fingerprint density at radius 3 is 2.50 bits per heavy atom. The number of hydrogen-bond acceptors (Lipinski definition) is 6. The van der Waals surface area contributed by atoms with E-state index in [1.807, 2.05) is 0 Å². The van der Waals surface area contributed by atoms with E-state index in [4.69, 9.17) is 21.4 Å². The number of halogens is 1. The lowest BCUT2D eigenvalue weighted by molar-refractivity contribution is -0.184. The van der Waals surface area contributed by atoms with Crippen molar-refractivity contribution in [2.75, 3.05) is 6.54 Å². The number of carbonyl (C=O) groups excluding carboxylic acids is 1. The molecule has 0 aromatic heterocycles. The molecule has 3 unspecified atom stereocenters. The van der Waals surface area contributed by atoms with E-state index in [2.05, 4.69) is 5.32 Å². The summed E-state index contributed by atoms with van der Waals surface area (Å²) in [6.45, 7) is -0.235. The van der Waals surface area contributed by atoms with Gasteiger partial charge in [-0.15, -0.1) is 0 Å². The van der Waals surface area contributed by atoms with E-state index in [1.165, 1.54) is 0 Å². The summed E-state index contributed by atoms with van der Waals surface area (Å²) in [5.74, 6) is -1.60. The minimum Gasteiger partial charge on any atom is -0.479 e. The zero-order valence-electron chi connectivity index (χ0n) is 13.9. The second-order valence-electron chi connectivity index (χ2n) is 6.29. The lowest BCUT2D eigenvalue weighted by Gasteiger charge is -2.35. The number of nitrogens with one attached hydrogen (secondary N) is 1. The molecule has 0 saturated carbocycles. The van der Waals surface area contributed by atoms with Crippen molar-refractivity contribution >= 4 is 23.5 Å². The fourth-order valence-electron chi connectivity index (χ4n) is 2.75. The van der Waals surface area contributed by atoms with Crippen LogP contribution in [-0.2, 0) is 20.7 Å². The predicted octanol–water partition coefficient (Wildman–Crippen LogP) is -0.286. The van der Waals surface area contributed by atoms with Crippen molar-refractivity contribution in [2.24, 2.45) is 0 Å². The highest BCUT2D eigenvalue weighted by Gasteiger charge is 2.38. The van der Waals surface area contributed by atoms with Crippen LogP contribution in [0.2, 0.25) is 5.02 Å². The summed E-state index contributed by atoms with van der Waals surface area (Å²) in [6.07, 6.45) is -6.03. The van der Waals surface area contributed by atoms with Crippen molar-refractivity contribution in [3.63, 3.8) is 0 Å². The zero-order valence-corrected chi connectivity index (χ0v) is 14.7. The zero-order chi connectivity index (χ0) is 19.3. The number of aliphatic hydroxyl groups is 3. The van der Waals surface area contributed by atoms with E-state index in [0.29, 0.717) is 5.02 Å². The Hall–Kier alpha value is -1.71. The van der Waals surface area contributed by atoms with Crippen molar-refractivity contribution in [1.29, 1.82) is 0 Å². The van der Waals surface area contributed by atoms with Crippen LogP contribution in [-0.4, -0.2) is 69.4 Å². The summed E-state index contributed by atoms with van der Waals surface area (Å²) in [5, 5.41) is 41.9. The molecule has 1 saturated heterocycles. The summed E-state index contributed by atoms with van der Waals surface area (Å²) in [7, 11) is 0. The topological polar surface area (TPSA) is 136 Å². The van der Waals surface area contributed by atoms with Crippen LogP contribution in [0.25, 0.3) is 0 Å². The van der Waals surface area contributed by atoms with Crippen LogP contribution in [0.4, 0.5) is 0 Å². The molecular formula is C17H22ClNO7. The van der Waals surface area contributed by atoms with E-state index in [1.54, 1.807) is 24.3 Å². The number of carboxylic acids is 1. The number of carbonyl (C=O) groups is 2. The number of carboxylic acid groups (broad SMARTS) is 1. The lowest BCUT2D eigenvalue weighted by Crippen LogP contribution is -2.51. The van der Waals surface area contributed by atoms with Gasteiger partial charge in [0.2, 0.25) is 5.91 Å². The Labute approximate surface area is 155 Å². The number of ether oxygens (including phenoxy) is 1. The minimum absolute atomic E-state index is 0.000722. The Morgan fingerprint density at radius 2 is 1.88 bits per heavy atom. The molecule has 2 rings (SSSR count). The first kappa shape index (κ1) is 20.6.